The molecule has 2 aromatic rings. The van der Waals surface area contributed by atoms with Gasteiger partial charge in [0.25, 0.3) is 0 Å². The molecule has 3 nitrogen and oxygen atoms in total. The monoisotopic (exact) mass is 300 g/mol. The first kappa shape index (κ1) is 13.4. The number of benzene rings is 1. The number of fused-ring (bicyclic) bond motifs is 3. The molecule has 1 aromatic carbocycles. The minimum absolute atomic E-state index is 0.891. The topological polar surface area (TPSA) is 25.4 Å². The maximum Gasteiger partial charge on any atom is 0.0936 e. The normalized spacial score (nSPS) is 17.7. The summed E-state index contributed by atoms with van der Waals surface area (Å²) in [5.41, 5.74) is 4.03. The van der Waals surface area contributed by atoms with E-state index < -0.39 is 0 Å². The molecule has 4 rings (SSSR count). The minimum Gasteiger partial charge on any atom is -0.379 e. The Hall–Kier alpha value is -1.23. The van der Waals surface area contributed by atoms with Crippen molar-refractivity contribution in [3.63, 3.8) is 0 Å². The zero-order valence-electron chi connectivity index (χ0n) is 12.2. The lowest BCUT2D eigenvalue weighted by Crippen LogP contribution is -2.36. The van der Waals surface area contributed by atoms with E-state index in [1.165, 1.54) is 39.7 Å². The molecule has 110 valence electrons. The van der Waals surface area contributed by atoms with Gasteiger partial charge in [-0.3, -0.25) is 4.90 Å². The van der Waals surface area contributed by atoms with Crippen LogP contribution in [-0.2, 0) is 17.6 Å². The molecular weight excluding hydrogens is 280 g/mol. The van der Waals surface area contributed by atoms with Crippen LogP contribution in [0.3, 0.4) is 0 Å². The summed E-state index contributed by atoms with van der Waals surface area (Å²) in [6, 6.07) is 8.67. The molecule has 1 saturated heterocycles. The van der Waals surface area contributed by atoms with Crippen LogP contribution in [-0.4, -0.2) is 42.7 Å². The van der Waals surface area contributed by atoms with E-state index >= 15 is 0 Å². The van der Waals surface area contributed by atoms with Gasteiger partial charge in [0.15, 0.2) is 0 Å². The van der Waals surface area contributed by atoms with Gasteiger partial charge in [0.05, 0.1) is 23.9 Å². The van der Waals surface area contributed by atoms with Crippen LogP contribution < -0.4 is 0 Å². The smallest absolute Gasteiger partial charge is 0.0936 e. The first-order chi connectivity index (χ1) is 10.4. The van der Waals surface area contributed by atoms with E-state index in [1.54, 1.807) is 0 Å². The second-order valence-electron chi connectivity index (χ2n) is 5.77. The van der Waals surface area contributed by atoms with Crippen molar-refractivity contribution in [2.75, 3.05) is 32.8 Å². The van der Waals surface area contributed by atoms with Gasteiger partial charge >= 0.3 is 0 Å². The van der Waals surface area contributed by atoms with Gasteiger partial charge in [-0.1, -0.05) is 24.3 Å². The predicted molar refractivity (Wildman–Crippen MR) is 85.9 cm³/mol. The van der Waals surface area contributed by atoms with Crippen molar-refractivity contribution < 1.29 is 4.74 Å². The molecule has 21 heavy (non-hydrogen) atoms. The molecule has 1 fully saturated rings. The van der Waals surface area contributed by atoms with Gasteiger partial charge in [-0.15, -0.1) is 11.3 Å². The molecule has 0 saturated carbocycles. The van der Waals surface area contributed by atoms with E-state index in [2.05, 4.69) is 29.2 Å². The number of hydrogen-bond acceptors (Lipinski definition) is 4. The zero-order chi connectivity index (χ0) is 14.1. The summed E-state index contributed by atoms with van der Waals surface area (Å²) in [6.45, 7) is 5.12. The fourth-order valence-electron chi connectivity index (χ4n) is 3.19. The molecule has 0 radical (unpaired) electrons. The highest BCUT2D eigenvalue weighted by Gasteiger charge is 2.22. The van der Waals surface area contributed by atoms with Crippen LogP contribution in [0.5, 0.6) is 0 Å². The maximum absolute atomic E-state index is 5.39. The molecule has 0 N–H and O–H groups in total. The third-order valence-electron chi connectivity index (χ3n) is 4.33. The van der Waals surface area contributed by atoms with Crippen molar-refractivity contribution in [1.29, 1.82) is 0 Å². The number of thiazole rings is 1. The van der Waals surface area contributed by atoms with E-state index in [9.17, 15) is 0 Å². The molecule has 1 aromatic heterocycles. The van der Waals surface area contributed by atoms with E-state index in [0.29, 0.717) is 0 Å². The Morgan fingerprint density at radius 2 is 2.05 bits per heavy atom. The summed E-state index contributed by atoms with van der Waals surface area (Å²) in [5.74, 6) is 0. The van der Waals surface area contributed by atoms with Crippen molar-refractivity contribution >= 4 is 11.3 Å². The number of nitrogens with zero attached hydrogens (tertiary/aromatic N) is 2. The van der Waals surface area contributed by atoms with Crippen LogP contribution in [0.1, 0.15) is 21.9 Å². The summed E-state index contributed by atoms with van der Waals surface area (Å²) in [7, 11) is 0. The van der Waals surface area contributed by atoms with Crippen LogP contribution in [0.15, 0.2) is 24.3 Å². The van der Waals surface area contributed by atoms with Crippen molar-refractivity contribution in [1.82, 2.24) is 9.88 Å². The maximum atomic E-state index is 5.39. The van der Waals surface area contributed by atoms with Crippen LogP contribution in [0.2, 0.25) is 0 Å². The van der Waals surface area contributed by atoms with Gasteiger partial charge in [-0.05, 0) is 18.5 Å². The molecule has 4 heteroatoms. The van der Waals surface area contributed by atoms with Crippen molar-refractivity contribution in [3.05, 3.63) is 39.7 Å². The molecule has 0 bridgehead atoms. The van der Waals surface area contributed by atoms with Gasteiger partial charge in [0, 0.05) is 36.4 Å². The largest absolute Gasteiger partial charge is 0.379 e. The average molecular weight is 300 g/mol. The first-order valence-corrected chi connectivity index (χ1v) is 8.59. The fourth-order valence-corrected chi connectivity index (χ4v) is 4.34. The standard InChI is InChI=1S/C17H20N2OS/c1-2-5-14-13(4-1)12-15-17(14)18-16(21-15)6-3-7-19-8-10-20-11-9-19/h1-2,4-5H,3,6-12H2. The van der Waals surface area contributed by atoms with Crippen molar-refractivity contribution in [2.24, 2.45) is 0 Å². The zero-order valence-corrected chi connectivity index (χ0v) is 13.0. The highest BCUT2D eigenvalue weighted by Crippen LogP contribution is 2.39. The van der Waals surface area contributed by atoms with Gasteiger partial charge in [-0.2, -0.15) is 0 Å². The molecule has 0 unspecified atom stereocenters. The molecule has 2 heterocycles. The van der Waals surface area contributed by atoms with E-state index in [1.807, 2.05) is 11.3 Å². The number of hydrogen-bond donors (Lipinski definition) is 0. The summed E-state index contributed by atoms with van der Waals surface area (Å²) in [6.07, 6.45) is 3.39. The summed E-state index contributed by atoms with van der Waals surface area (Å²) in [5, 5.41) is 1.31. The second-order valence-corrected chi connectivity index (χ2v) is 6.94. The quantitative estimate of drug-likeness (QED) is 0.741. The van der Waals surface area contributed by atoms with Crippen LogP contribution in [0.4, 0.5) is 0 Å². The summed E-state index contributed by atoms with van der Waals surface area (Å²) >= 11 is 1.91. The van der Waals surface area contributed by atoms with Gasteiger partial charge in [-0.25, -0.2) is 4.98 Å². The highest BCUT2D eigenvalue weighted by molar-refractivity contribution is 7.12. The minimum atomic E-state index is 0.891. The summed E-state index contributed by atoms with van der Waals surface area (Å²) < 4.78 is 5.39. The van der Waals surface area contributed by atoms with Crippen LogP contribution in [0.25, 0.3) is 11.3 Å². The van der Waals surface area contributed by atoms with Crippen LogP contribution >= 0.6 is 11.3 Å². The second kappa shape index (κ2) is 5.87. The molecule has 0 atom stereocenters. The van der Waals surface area contributed by atoms with Gasteiger partial charge in [0.1, 0.15) is 0 Å². The molecule has 0 spiro atoms. The average Bonchev–Trinajstić information content (AvgIpc) is 3.05. The lowest BCUT2D eigenvalue weighted by molar-refractivity contribution is 0.0374. The molecule has 1 aliphatic carbocycles. The lowest BCUT2D eigenvalue weighted by atomic mass is 10.1. The van der Waals surface area contributed by atoms with Crippen molar-refractivity contribution in [3.8, 4) is 11.3 Å². The number of rotatable bonds is 4. The Morgan fingerprint density at radius 1 is 1.19 bits per heavy atom. The van der Waals surface area contributed by atoms with Crippen LogP contribution in [0, 0.1) is 0 Å². The molecule has 1 aliphatic heterocycles. The predicted octanol–water partition coefficient (Wildman–Crippen LogP) is 2.98. The van der Waals surface area contributed by atoms with Gasteiger partial charge in [0.2, 0.25) is 0 Å². The Labute approximate surface area is 129 Å². The van der Waals surface area contributed by atoms with E-state index in [-0.39, 0.29) is 0 Å². The Morgan fingerprint density at radius 3 is 2.95 bits per heavy atom. The Kier molecular flexibility index (Phi) is 3.76. The third kappa shape index (κ3) is 2.76. The molecule has 0 amide bonds. The number of ether oxygens (including phenoxy) is 1. The molecular formula is C17H20N2OS. The first-order valence-electron chi connectivity index (χ1n) is 7.77. The Balaban J connectivity index is 1.38. The third-order valence-corrected chi connectivity index (χ3v) is 5.45. The van der Waals surface area contributed by atoms with E-state index in [4.69, 9.17) is 9.72 Å². The summed E-state index contributed by atoms with van der Waals surface area (Å²) in [4.78, 5) is 8.85. The highest BCUT2D eigenvalue weighted by atomic mass is 32.1. The van der Waals surface area contributed by atoms with E-state index in [0.717, 1.165) is 39.1 Å². The SMILES string of the molecule is c1ccc2c(c1)Cc1sc(CCCN3CCOCC3)nc1-2. The Bertz CT molecular complexity index is 631. The number of aryl methyl sites for hydroxylation is 1. The number of aromatic nitrogens is 1. The number of morpholine rings is 1. The lowest BCUT2D eigenvalue weighted by Gasteiger charge is -2.26. The fraction of sp³-hybridized carbons (Fsp3) is 0.471. The van der Waals surface area contributed by atoms with Gasteiger partial charge < -0.3 is 4.74 Å². The molecule has 2 aliphatic rings. The van der Waals surface area contributed by atoms with Crippen molar-refractivity contribution in [2.45, 2.75) is 19.3 Å².